The van der Waals surface area contributed by atoms with E-state index in [-0.39, 0.29) is 0 Å². The van der Waals surface area contributed by atoms with Gasteiger partial charge in [0.05, 0.1) is 5.60 Å². The van der Waals surface area contributed by atoms with Gasteiger partial charge < -0.3 is 10.0 Å². The average Bonchev–Trinajstić information content (AvgIpc) is 3.58. The van der Waals surface area contributed by atoms with Crippen LogP contribution in [0.5, 0.6) is 0 Å². The first-order chi connectivity index (χ1) is 16.7. The first kappa shape index (κ1) is 25.1. The molecule has 5 rings (SSSR count). The number of hydrogen-bond acceptors (Lipinski definition) is 4. The van der Waals surface area contributed by atoms with Gasteiger partial charge in [-0.3, -0.25) is 4.90 Å². The molecule has 3 heterocycles. The molecule has 0 spiro atoms. The van der Waals surface area contributed by atoms with Crippen LogP contribution in [0.4, 0.5) is 0 Å². The Morgan fingerprint density at radius 2 is 1.44 bits per heavy atom. The molecule has 0 saturated carbocycles. The number of aliphatic hydroxyl groups is 1. The number of benzene rings is 2. The van der Waals surface area contributed by atoms with Gasteiger partial charge in [0.2, 0.25) is 0 Å². The minimum Gasteiger partial charge on any atom is -0.390 e. The molecule has 3 nitrogen and oxygen atoms in total. The van der Waals surface area contributed by atoms with Crippen molar-refractivity contribution < 1.29 is 5.11 Å². The summed E-state index contributed by atoms with van der Waals surface area (Å²) < 4.78 is 0. The van der Waals surface area contributed by atoms with Crippen molar-refractivity contribution >= 4 is 11.3 Å². The smallest absolute Gasteiger partial charge is 0.0672 e. The van der Waals surface area contributed by atoms with E-state index in [9.17, 15) is 5.11 Å². The van der Waals surface area contributed by atoms with Crippen LogP contribution >= 0.6 is 11.3 Å². The van der Waals surface area contributed by atoms with Crippen molar-refractivity contribution in [3.63, 3.8) is 0 Å². The predicted octanol–water partition coefficient (Wildman–Crippen LogP) is 6.11. The van der Waals surface area contributed by atoms with E-state index in [0.29, 0.717) is 0 Å². The van der Waals surface area contributed by atoms with Crippen LogP contribution in [0.2, 0.25) is 0 Å². The molecule has 2 saturated heterocycles. The van der Waals surface area contributed by atoms with Gasteiger partial charge in [-0.25, -0.2) is 0 Å². The summed E-state index contributed by atoms with van der Waals surface area (Å²) >= 11 is 1.71. The SMILES string of the molecule is OC1(CCCc2ccccc2)CCN(CC2CCN(Cc3ccccc3)C2)CC1.c1ccsc1. The van der Waals surface area contributed by atoms with Gasteiger partial charge in [0.25, 0.3) is 0 Å². The van der Waals surface area contributed by atoms with Gasteiger partial charge in [0.15, 0.2) is 0 Å². The van der Waals surface area contributed by atoms with E-state index in [2.05, 4.69) is 70.5 Å². The molecule has 182 valence electrons. The third-order valence-electron chi connectivity index (χ3n) is 7.30. The molecular weight excluding hydrogens is 436 g/mol. The molecule has 3 aromatic rings. The number of aryl methyl sites for hydroxylation is 1. The largest absolute Gasteiger partial charge is 0.390 e. The van der Waals surface area contributed by atoms with Crippen molar-refractivity contribution in [3.05, 3.63) is 94.7 Å². The number of thiophene rings is 1. The van der Waals surface area contributed by atoms with Crippen molar-refractivity contribution in [1.29, 1.82) is 0 Å². The lowest BCUT2D eigenvalue weighted by Gasteiger charge is -2.39. The van der Waals surface area contributed by atoms with Crippen LogP contribution in [-0.2, 0) is 13.0 Å². The van der Waals surface area contributed by atoms with Crippen LogP contribution in [0.15, 0.2) is 83.6 Å². The zero-order chi connectivity index (χ0) is 23.5. The van der Waals surface area contributed by atoms with Crippen molar-refractivity contribution in [1.82, 2.24) is 9.80 Å². The fourth-order valence-corrected chi connectivity index (χ4v) is 5.76. The van der Waals surface area contributed by atoms with E-state index in [1.54, 1.807) is 11.3 Å². The Hall–Kier alpha value is -1.98. The molecule has 2 aliphatic heterocycles. The predicted molar refractivity (Wildman–Crippen MR) is 144 cm³/mol. The Bertz CT molecular complexity index is 890. The van der Waals surface area contributed by atoms with E-state index in [0.717, 1.165) is 57.7 Å². The topological polar surface area (TPSA) is 26.7 Å². The number of likely N-dealkylation sites (tertiary alicyclic amines) is 2. The van der Waals surface area contributed by atoms with Crippen molar-refractivity contribution in [3.8, 4) is 0 Å². The second-order valence-corrected chi connectivity index (χ2v) is 10.8. The summed E-state index contributed by atoms with van der Waals surface area (Å²) in [5.41, 5.74) is 2.36. The minimum atomic E-state index is -0.444. The quantitative estimate of drug-likeness (QED) is 0.425. The van der Waals surface area contributed by atoms with Crippen LogP contribution in [0.25, 0.3) is 0 Å². The normalized spacial score (nSPS) is 20.6. The Kier molecular flexibility index (Phi) is 9.75. The summed E-state index contributed by atoms with van der Waals surface area (Å²) in [7, 11) is 0. The van der Waals surface area contributed by atoms with Gasteiger partial charge in [0.1, 0.15) is 0 Å². The molecule has 0 bridgehead atoms. The zero-order valence-corrected chi connectivity index (χ0v) is 21.2. The molecule has 2 aliphatic rings. The highest BCUT2D eigenvalue weighted by molar-refractivity contribution is 7.07. The second kappa shape index (κ2) is 13.2. The number of nitrogens with zero attached hydrogens (tertiary/aromatic N) is 2. The molecule has 1 N–H and O–H groups in total. The monoisotopic (exact) mass is 476 g/mol. The average molecular weight is 477 g/mol. The molecule has 1 aromatic heterocycles. The van der Waals surface area contributed by atoms with Crippen LogP contribution in [-0.4, -0.2) is 53.2 Å². The fraction of sp³-hybridized carbons (Fsp3) is 0.467. The molecule has 2 aromatic carbocycles. The molecule has 0 amide bonds. The fourth-order valence-electron chi connectivity index (χ4n) is 5.31. The lowest BCUT2D eigenvalue weighted by molar-refractivity contribution is -0.0313. The van der Waals surface area contributed by atoms with Crippen molar-refractivity contribution in [2.75, 3.05) is 32.7 Å². The summed E-state index contributed by atoms with van der Waals surface area (Å²) in [5.74, 6) is 0.781. The lowest BCUT2D eigenvalue weighted by atomic mass is 9.85. The molecule has 0 aliphatic carbocycles. The highest BCUT2D eigenvalue weighted by atomic mass is 32.1. The Balaban J connectivity index is 0.000000486. The maximum absolute atomic E-state index is 11.0. The first-order valence-electron chi connectivity index (χ1n) is 12.9. The number of hydrogen-bond donors (Lipinski definition) is 1. The maximum atomic E-state index is 11.0. The van der Waals surface area contributed by atoms with E-state index in [1.165, 1.54) is 37.2 Å². The number of piperidine rings is 1. The Morgan fingerprint density at radius 1 is 0.794 bits per heavy atom. The molecule has 34 heavy (non-hydrogen) atoms. The van der Waals surface area contributed by atoms with Crippen molar-refractivity contribution in [2.45, 2.75) is 50.7 Å². The zero-order valence-electron chi connectivity index (χ0n) is 20.4. The molecular formula is C30H40N2OS. The van der Waals surface area contributed by atoms with Crippen molar-refractivity contribution in [2.24, 2.45) is 5.92 Å². The molecule has 2 fully saturated rings. The van der Waals surface area contributed by atoms with Gasteiger partial charge in [-0.2, -0.15) is 11.3 Å². The molecule has 1 unspecified atom stereocenters. The molecule has 1 atom stereocenters. The second-order valence-electron chi connectivity index (χ2n) is 10.0. The van der Waals surface area contributed by atoms with Gasteiger partial charge in [-0.15, -0.1) is 0 Å². The summed E-state index contributed by atoms with van der Waals surface area (Å²) in [6, 6.07) is 25.5. The van der Waals surface area contributed by atoms with E-state index in [1.807, 2.05) is 22.9 Å². The summed E-state index contributed by atoms with van der Waals surface area (Å²) in [4.78, 5) is 5.20. The van der Waals surface area contributed by atoms with Gasteiger partial charge >= 0.3 is 0 Å². The van der Waals surface area contributed by atoms with Crippen LogP contribution < -0.4 is 0 Å². The summed E-state index contributed by atoms with van der Waals surface area (Å²) in [6.45, 7) is 6.82. The van der Waals surface area contributed by atoms with Gasteiger partial charge in [-0.1, -0.05) is 72.8 Å². The highest BCUT2D eigenvalue weighted by Gasteiger charge is 2.33. The molecule has 4 heteroatoms. The third-order valence-corrected chi connectivity index (χ3v) is 7.93. The van der Waals surface area contributed by atoms with Gasteiger partial charge in [0, 0.05) is 32.7 Å². The Morgan fingerprint density at radius 3 is 2.06 bits per heavy atom. The summed E-state index contributed by atoms with van der Waals surface area (Å²) in [6.07, 6.45) is 6.27. The maximum Gasteiger partial charge on any atom is 0.0672 e. The lowest BCUT2D eigenvalue weighted by Crippen LogP contribution is -2.46. The standard InChI is InChI=1S/C26H36N2O.C4H4S/c29-26(14-7-12-23-8-3-1-4-9-23)15-18-27(19-16-26)21-25-13-17-28(22-25)20-24-10-5-2-6-11-24;1-2-4-5-3-1/h1-6,8-11,25,29H,7,12-22H2;1-4H. The van der Waals surface area contributed by atoms with Crippen LogP contribution in [0, 0.1) is 5.92 Å². The highest BCUT2D eigenvalue weighted by Crippen LogP contribution is 2.29. The summed E-state index contributed by atoms with van der Waals surface area (Å²) in [5, 5.41) is 15.1. The Labute approximate surface area is 210 Å². The van der Waals surface area contributed by atoms with E-state index >= 15 is 0 Å². The van der Waals surface area contributed by atoms with E-state index in [4.69, 9.17) is 0 Å². The number of rotatable bonds is 8. The van der Waals surface area contributed by atoms with Crippen LogP contribution in [0.1, 0.15) is 43.2 Å². The van der Waals surface area contributed by atoms with Crippen LogP contribution in [0.3, 0.4) is 0 Å². The first-order valence-corrected chi connectivity index (χ1v) is 13.8. The van der Waals surface area contributed by atoms with E-state index < -0.39 is 5.60 Å². The minimum absolute atomic E-state index is 0.444. The van der Waals surface area contributed by atoms with Gasteiger partial charge in [-0.05, 0) is 72.9 Å². The third kappa shape index (κ3) is 8.35. The molecule has 0 radical (unpaired) electrons.